The Morgan fingerprint density at radius 1 is 1.16 bits per heavy atom. The molecule has 9 nitrogen and oxygen atoms in total. The molecule has 1 atom stereocenters. The van der Waals surface area contributed by atoms with Crippen LogP contribution in [0.15, 0.2) is 48.5 Å². The number of epoxide rings is 1. The molecular weight excluding hydrogens is 436 g/mol. The summed E-state index contributed by atoms with van der Waals surface area (Å²) in [7, 11) is -3.82. The summed E-state index contributed by atoms with van der Waals surface area (Å²) in [5.41, 5.74) is 0.244. The zero-order valence-corrected chi connectivity index (χ0v) is 19.3. The summed E-state index contributed by atoms with van der Waals surface area (Å²) in [5, 5.41) is 0.805. The van der Waals surface area contributed by atoms with Gasteiger partial charge in [-0.15, -0.1) is 4.83 Å². The minimum atomic E-state index is -3.82. The minimum Gasteiger partial charge on any atom is -0.489 e. The molecule has 1 fully saturated rings. The smallest absolute Gasteiger partial charge is 0.430 e. The molecule has 1 heterocycles. The fourth-order valence-corrected chi connectivity index (χ4v) is 3.13. The molecule has 1 aliphatic rings. The molecule has 3 rings (SSSR count). The maximum Gasteiger partial charge on any atom is 0.430 e. The molecule has 0 saturated carbocycles. The van der Waals surface area contributed by atoms with Crippen molar-refractivity contribution < 1.29 is 32.2 Å². The van der Waals surface area contributed by atoms with Gasteiger partial charge in [0.25, 0.3) is 0 Å². The number of sulfonamides is 1. The highest BCUT2D eigenvalue weighted by Crippen LogP contribution is 2.34. The number of hydrogen-bond donors (Lipinski definition) is 1. The minimum absolute atomic E-state index is 0.0327. The van der Waals surface area contributed by atoms with Crippen molar-refractivity contribution in [2.24, 2.45) is 0 Å². The molecule has 1 N–H and O–H groups in total. The lowest BCUT2D eigenvalue weighted by Crippen LogP contribution is -2.48. The zero-order chi connectivity index (χ0) is 23.4. The number of amides is 1. The van der Waals surface area contributed by atoms with Gasteiger partial charge >= 0.3 is 6.09 Å². The summed E-state index contributed by atoms with van der Waals surface area (Å²) in [6.07, 6.45) is 0.00366. The summed E-state index contributed by atoms with van der Waals surface area (Å²) < 4.78 is 46.2. The van der Waals surface area contributed by atoms with E-state index in [4.69, 9.17) is 18.9 Å². The van der Waals surface area contributed by atoms with Crippen LogP contribution >= 0.6 is 0 Å². The van der Waals surface area contributed by atoms with Crippen LogP contribution in [-0.2, 0) is 26.1 Å². The molecule has 0 aromatic heterocycles. The van der Waals surface area contributed by atoms with Crippen LogP contribution in [0, 0.1) is 0 Å². The summed E-state index contributed by atoms with van der Waals surface area (Å²) in [6.45, 7) is 6.20. The number of carbonyl (C=O) groups excluding carboxylic acids is 1. The van der Waals surface area contributed by atoms with Crippen LogP contribution in [0.3, 0.4) is 0 Å². The number of anilines is 1. The van der Waals surface area contributed by atoms with Crippen LogP contribution in [0.1, 0.15) is 26.3 Å². The average Bonchev–Trinajstić information content (AvgIpc) is 3.52. The SMILES string of the molecule is CC(C)(C)OC(=O)N(NS(C)(=O)=O)c1cc(OCc2ccccc2)ccc1OCC1CO1. The summed E-state index contributed by atoms with van der Waals surface area (Å²) in [6, 6.07) is 14.4. The highest BCUT2D eigenvalue weighted by molar-refractivity contribution is 7.88. The van der Waals surface area contributed by atoms with Crippen LogP contribution in [-0.4, -0.2) is 45.7 Å². The molecule has 1 unspecified atom stereocenters. The molecule has 2 aromatic rings. The van der Waals surface area contributed by atoms with E-state index in [0.717, 1.165) is 16.8 Å². The number of nitrogens with one attached hydrogen (secondary N) is 1. The lowest BCUT2D eigenvalue weighted by Gasteiger charge is -2.28. The van der Waals surface area contributed by atoms with Crippen molar-refractivity contribution in [3.8, 4) is 11.5 Å². The van der Waals surface area contributed by atoms with Crippen LogP contribution in [0.5, 0.6) is 11.5 Å². The van der Waals surface area contributed by atoms with Gasteiger partial charge in [0.2, 0.25) is 10.0 Å². The van der Waals surface area contributed by atoms with Gasteiger partial charge in [0.05, 0.1) is 12.9 Å². The first-order chi connectivity index (χ1) is 15.0. The second kappa shape index (κ2) is 9.76. The molecule has 1 aliphatic heterocycles. The van der Waals surface area contributed by atoms with Crippen molar-refractivity contribution in [2.75, 3.05) is 24.5 Å². The fourth-order valence-electron chi connectivity index (χ4n) is 2.63. The van der Waals surface area contributed by atoms with Crippen LogP contribution in [0.25, 0.3) is 0 Å². The lowest BCUT2D eigenvalue weighted by atomic mass is 10.2. The van der Waals surface area contributed by atoms with E-state index < -0.39 is 21.7 Å². The van der Waals surface area contributed by atoms with E-state index in [2.05, 4.69) is 4.83 Å². The first kappa shape index (κ1) is 23.8. The first-order valence-electron chi connectivity index (χ1n) is 10.1. The highest BCUT2D eigenvalue weighted by Gasteiger charge is 2.30. The number of hydrogen-bond acceptors (Lipinski definition) is 7. The van der Waals surface area contributed by atoms with Crippen molar-refractivity contribution in [1.82, 2.24) is 4.83 Å². The monoisotopic (exact) mass is 464 g/mol. The van der Waals surface area contributed by atoms with Gasteiger partial charge < -0.3 is 18.9 Å². The average molecular weight is 465 g/mol. The Morgan fingerprint density at radius 2 is 1.84 bits per heavy atom. The van der Waals surface area contributed by atoms with E-state index in [9.17, 15) is 13.2 Å². The van der Waals surface area contributed by atoms with E-state index in [1.165, 1.54) is 6.07 Å². The molecule has 2 aromatic carbocycles. The molecule has 0 aliphatic carbocycles. The Balaban J connectivity index is 1.92. The second-order valence-corrected chi connectivity index (χ2v) is 10.1. The van der Waals surface area contributed by atoms with Gasteiger partial charge in [-0.2, -0.15) is 5.01 Å². The van der Waals surface area contributed by atoms with Crippen molar-refractivity contribution >= 4 is 21.8 Å². The third-order valence-electron chi connectivity index (χ3n) is 4.08. The number of carbonyl (C=O) groups is 1. The van der Waals surface area contributed by atoms with E-state index in [1.54, 1.807) is 32.9 Å². The maximum atomic E-state index is 12.9. The summed E-state index contributed by atoms with van der Waals surface area (Å²) in [4.78, 5) is 15.1. The van der Waals surface area contributed by atoms with Crippen molar-refractivity contribution in [2.45, 2.75) is 39.1 Å². The number of nitrogens with zero attached hydrogens (tertiary/aromatic N) is 1. The topological polar surface area (TPSA) is 107 Å². The largest absolute Gasteiger partial charge is 0.489 e. The summed E-state index contributed by atoms with van der Waals surface area (Å²) >= 11 is 0. The molecule has 174 valence electrons. The number of hydrazine groups is 1. The number of ether oxygens (including phenoxy) is 4. The highest BCUT2D eigenvalue weighted by atomic mass is 32.2. The van der Waals surface area contributed by atoms with E-state index in [0.29, 0.717) is 19.0 Å². The van der Waals surface area contributed by atoms with Crippen molar-refractivity contribution in [3.05, 3.63) is 54.1 Å². The van der Waals surface area contributed by atoms with Crippen LogP contribution < -0.4 is 19.3 Å². The number of benzene rings is 2. The Labute approximate surface area is 188 Å². The molecule has 10 heteroatoms. The Bertz CT molecular complexity index is 1030. The molecule has 0 radical (unpaired) electrons. The quantitative estimate of drug-likeness (QED) is 0.448. The lowest BCUT2D eigenvalue weighted by molar-refractivity contribution is 0.0570. The predicted octanol–water partition coefficient (Wildman–Crippen LogP) is 3.25. The van der Waals surface area contributed by atoms with Crippen molar-refractivity contribution in [3.63, 3.8) is 0 Å². The zero-order valence-electron chi connectivity index (χ0n) is 18.5. The van der Waals surface area contributed by atoms with E-state index in [-0.39, 0.29) is 24.1 Å². The number of rotatable bonds is 9. The maximum absolute atomic E-state index is 12.9. The van der Waals surface area contributed by atoms with Crippen LogP contribution in [0.2, 0.25) is 0 Å². The van der Waals surface area contributed by atoms with Gasteiger partial charge in [0.15, 0.2) is 0 Å². The van der Waals surface area contributed by atoms with E-state index in [1.807, 2.05) is 30.3 Å². The Hall–Kier alpha value is -2.82. The first-order valence-corrected chi connectivity index (χ1v) is 11.9. The van der Waals surface area contributed by atoms with Gasteiger partial charge in [-0.25, -0.2) is 13.2 Å². The third kappa shape index (κ3) is 7.70. The van der Waals surface area contributed by atoms with Gasteiger partial charge in [0, 0.05) is 6.07 Å². The molecule has 1 amide bonds. The van der Waals surface area contributed by atoms with Gasteiger partial charge in [-0.05, 0) is 38.5 Å². The van der Waals surface area contributed by atoms with E-state index >= 15 is 0 Å². The standard InChI is InChI=1S/C22H28N2O7S/c1-22(2,3)31-21(25)24(23-32(4,26)27)19-12-17(28-13-16-8-6-5-7-9-16)10-11-20(19)30-15-18-14-29-18/h5-12,18,23H,13-15H2,1-4H3. The van der Waals surface area contributed by atoms with Gasteiger partial charge in [-0.3, -0.25) is 0 Å². The molecule has 0 bridgehead atoms. The molecule has 0 spiro atoms. The predicted molar refractivity (Wildman–Crippen MR) is 119 cm³/mol. The second-order valence-electron chi connectivity index (χ2n) is 8.35. The molecular formula is C22H28N2O7S. The fraction of sp³-hybridized carbons (Fsp3) is 0.409. The van der Waals surface area contributed by atoms with Crippen LogP contribution in [0.4, 0.5) is 10.5 Å². The Morgan fingerprint density at radius 3 is 2.44 bits per heavy atom. The molecule has 32 heavy (non-hydrogen) atoms. The van der Waals surface area contributed by atoms with Gasteiger partial charge in [0.1, 0.15) is 42.1 Å². The van der Waals surface area contributed by atoms with Crippen molar-refractivity contribution in [1.29, 1.82) is 0 Å². The molecule has 1 saturated heterocycles. The third-order valence-corrected chi connectivity index (χ3v) is 4.59. The Kier molecular flexibility index (Phi) is 7.27. The summed E-state index contributed by atoms with van der Waals surface area (Å²) in [5.74, 6) is 0.692. The normalized spacial score (nSPS) is 15.7. The van der Waals surface area contributed by atoms with Gasteiger partial charge in [-0.1, -0.05) is 30.3 Å².